The second kappa shape index (κ2) is 10.4. The van der Waals surface area contributed by atoms with E-state index in [0.717, 1.165) is 86.4 Å². The SMILES string of the molecule is c1ccc(N2CCOCC2)c(Nc2cc(Nc3ccccc3N3CCOCC3)c3ccccc3n2)c1. The van der Waals surface area contributed by atoms with E-state index in [9.17, 15) is 0 Å². The lowest BCUT2D eigenvalue weighted by Crippen LogP contribution is -2.36. The molecular formula is C29H31N5O2. The fraction of sp³-hybridized carbons (Fsp3) is 0.276. The Balaban J connectivity index is 1.35. The molecule has 0 atom stereocenters. The van der Waals surface area contributed by atoms with Gasteiger partial charge in [-0.2, -0.15) is 0 Å². The smallest absolute Gasteiger partial charge is 0.133 e. The number of fused-ring (bicyclic) bond motifs is 1. The summed E-state index contributed by atoms with van der Waals surface area (Å²) >= 11 is 0. The first-order valence-electron chi connectivity index (χ1n) is 12.6. The zero-order valence-electron chi connectivity index (χ0n) is 20.3. The fourth-order valence-electron chi connectivity index (χ4n) is 4.94. The van der Waals surface area contributed by atoms with Gasteiger partial charge in [-0.05, 0) is 30.3 Å². The molecule has 2 N–H and O–H groups in total. The normalized spacial score (nSPS) is 16.2. The first-order valence-corrected chi connectivity index (χ1v) is 12.6. The predicted octanol–water partition coefficient (Wildman–Crippen LogP) is 5.40. The highest BCUT2D eigenvalue weighted by Gasteiger charge is 2.17. The van der Waals surface area contributed by atoms with Gasteiger partial charge in [-0.15, -0.1) is 0 Å². The van der Waals surface area contributed by atoms with E-state index in [4.69, 9.17) is 14.5 Å². The zero-order chi connectivity index (χ0) is 24.2. The van der Waals surface area contributed by atoms with Crippen LogP contribution in [0, 0.1) is 0 Å². The number of anilines is 6. The van der Waals surface area contributed by atoms with E-state index in [-0.39, 0.29) is 0 Å². The fourth-order valence-corrected chi connectivity index (χ4v) is 4.94. The molecular weight excluding hydrogens is 450 g/mol. The van der Waals surface area contributed by atoms with E-state index in [1.807, 2.05) is 6.07 Å². The molecule has 0 bridgehead atoms. The highest BCUT2D eigenvalue weighted by Crippen LogP contribution is 2.35. The van der Waals surface area contributed by atoms with Crippen LogP contribution in [0.25, 0.3) is 10.9 Å². The molecule has 36 heavy (non-hydrogen) atoms. The summed E-state index contributed by atoms with van der Waals surface area (Å²) < 4.78 is 11.1. The number of ether oxygens (including phenoxy) is 2. The summed E-state index contributed by atoms with van der Waals surface area (Å²) in [4.78, 5) is 9.70. The molecule has 0 unspecified atom stereocenters. The summed E-state index contributed by atoms with van der Waals surface area (Å²) in [6.07, 6.45) is 0. The second-order valence-electron chi connectivity index (χ2n) is 9.06. The monoisotopic (exact) mass is 481 g/mol. The molecule has 6 rings (SSSR count). The number of pyridine rings is 1. The molecule has 0 amide bonds. The van der Waals surface area contributed by atoms with Crippen LogP contribution in [-0.4, -0.2) is 57.6 Å². The van der Waals surface area contributed by atoms with Crippen molar-refractivity contribution in [2.45, 2.75) is 0 Å². The molecule has 7 heteroatoms. The molecule has 0 radical (unpaired) electrons. The molecule has 3 aromatic carbocycles. The number of hydrogen-bond acceptors (Lipinski definition) is 7. The van der Waals surface area contributed by atoms with Crippen LogP contribution in [0.4, 0.5) is 34.3 Å². The van der Waals surface area contributed by atoms with Crippen molar-refractivity contribution in [1.29, 1.82) is 0 Å². The third-order valence-corrected chi connectivity index (χ3v) is 6.76. The van der Waals surface area contributed by atoms with Crippen LogP contribution in [0.3, 0.4) is 0 Å². The number of aromatic nitrogens is 1. The van der Waals surface area contributed by atoms with Crippen molar-refractivity contribution in [2.75, 3.05) is 73.0 Å². The van der Waals surface area contributed by atoms with Gasteiger partial charge in [0.2, 0.25) is 0 Å². The number of morpholine rings is 2. The third-order valence-electron chi connectivity index (χ3n) is 6.76. The molecule has 7 nitrogen and oxygen atoms in total. The van der Waals surface area contributed by atoms with Gasteiger partial charge in [0, 0.05) is 37.6 Å². The van der Waals surface area contributed by atoms with Crippen LogP contribution in [0.5, 0.6) is 0 Å². The Hall–Kier alpha value is -3.81. The van der Waals surface area contributed by atoms with Gasteiger partial charge >= 0.3 is 0 Å². The predicted molar refractivity (Wildman–Crippen MR) is 147 cm³/mol. The first kappa shape index (κ1) is 22.6. The molecule has 0 aliphatic carbocycles. The Morgan fingerprint density at radius 3 is 1.75 bits per heavy atom. The van der Waals surface area contributed by atoms with E-state index in [1.165, 1.54) is 11.4 Å². The molecule has 184 valence electrons. The lowest BCUT2D eigenvalue weighted by Gasteiger charge is -2.31. The maximum Gasteiger partial charge on any atom is 0.133 e. The van der Waals surface area contributed by atoms with Crippen LogP contribution in [0.1, 0.15) is 0 Å². The topological polar surface area (TPSA) is 61.9 Å². The quantitative estimate of drug-likeness (QED) is 0.383. The van der Waals surface area contributed by atoms with Gasteiger partial charge in [-0.25, -0.2) is 4.98 Å². The second-order valence-corrected chi connectivity index (χ2v) is 9.06. The molecule has 2 fully saturated rings. The average Bonchev–Trinajstić information content (AvgIpc) is 2.95. The molecule has 2 aliphatic rings. The number of para-hydroxylation sites is 5. The third kappa shape index (κ3) is 4.80. The summed E-state index contributed by atoms with van der Waals surface area (Å²) in [7, 11) is 0. The summed E-state index contributed by atoms with van der Waals surface area (Å²) in [6, 6.07) is 27.3. The molecule has 3 heterocycles. The van der Waals surface area contributed by atoms with Crippen LogP contribution in [0.2, 0.25) is 0 Å². The maximum atomic E-state index is 5.57. The van der Waals surface area contributed by atoms with Gasteiger partial charge in [-0.3, -0.25) is 0 Å². The lowest BCUT2D eigenvalue weighted by atomic mass is 10.1. The highest BCUT2D eigenvalue weighted by molar-refractivity contribution is 5.96. The van der Waals surface area contributed by atoms with Crippen molar-refractivity contribution < 1.29 is 9.47 Å². The number of benzene rings is 3. The molecule has 2 aliphatic heterocycles. The standard InChI is InChI=1S/C29H31N5O2/c1-2-8-23-22(7-1)26(30-24-9-3-5-11-27(24)33-13-17-35-18-14-33)21-29(31-23)32-25-10-4-6-12-28(25)34-15-19-36-20-16-34/h1-12,21H,13-20H2,(H2,30,31,32). The van der Waals surface area contributed by atoms with Gasteiger partial charge in [0.1, 0.15) is 5.82 Å². The zero-order valence-corrected chi connectivity index (χ0v) is 20.3. The minimum absolute atomic E-state index is 0.749. The van der Waals surface area contributed by atoms with E-state index in [1.54, 1.807) is 0 Å². The van der Waals surface area contributed by atoms with Crippen LogP contribution >= 0.6 is 0 Å². The van der Waals surface area contributed by atoms with Crippen LogP contribution < -0.4 is 20.4 Å². The summed E-state index contributed by atoms with van der Waals surface area (Å²) in [5.41, 5.74) is 6.44. The number of nitrogens with zero attached hydrogens (tertiary/aromatic N) is 3. The number of hydrogen-bond donors (Lipinski definition) is 2. The Morgan fingerprint density at radius 2 is 1.11 bits per heavy atom. The molecule has 0 saturated carbocycles. The van der Waals surface area contributed by atoms with Gasteiger partial charge in [-0.1, -0.05) is 42.5 Å². The molecule has 1 aromatic heterocycles. The van der Waals surface area contributed by atoms with Crippen LogP contribution in [-0.2, 0) is 9.47 Å². The minimum atomic E-state index is 0.749. The highest BCUT2D eigenvalue weighted by atomic mass is 16.5. The average molecular weight is 482 g/mol. The van der Waals surface area contributed by atoms with Crippen molar-refractivity contribution in [2.24, 2.45) is 0 Å². The minimum Gasteiger partial charge on any atom is -0.378 e. The van der Waals surface area contributed by atoms with Crippen molar-refractivity contribution in [1.82, 2.24) is 4.98 Å². The number of rotatable bonds is 6. The summed E-state index contributed by atoms with van der Waals surface area (Å²) in [6.45, 7) is 6.55. The molecule has 0 spiro atoms. The van der Waals surface area contributed by atoms with Gasteiger partial charge < -0.3 is 29.9 Å². The Kier molecular flexibility index (Phi) is 6.56. The lowest BCUT2D eigenvalue weighted by molar-refractivity contribution is 0.122. The van der Waals surface area contributed by atoms with Crippen LogP contribution in [0.15, 0.2) is 78.9 Å². The molecule has 2 saturated heterocycles. The Bertz CT molecular complexity index is 1330. The summed E-state index contributed by atoms with van der Waals surface area (Å²) in [5, 5.41) is 8.42. The van der Waals surface area contributed by atoms with Crippen molar-refractivity contribution in [3.8, 4) is 0 Å². The number of nitrogens with one attached hydrogen (secondary N) is 2. The van der Waals surface area contributed by atoms with Crippen molar-refractivity contribution in [3.05, 3.63) is 78.9 Å². The van der Waals surface area contributed by atoms with Crippen molar-refractivity contribution in [3.63, 3.8) is 0 Å². The van der Waals surface area contributed by atoms with Gasteiger partial charge in [0.25, 0.3) is 0 Å². The van der Waals surface area contributed by atoms with E-state index < -0.39 is 0 Å². The first-order chi connectivity index (χ1) is 17.8. The maximum absolute atomic E-state index is 5.57. The Labute approximate surface area is 211 Å². The van der Waals surface area contributed by atoms with Gasteiger partial charge in [0.15, 0.2) is 0 Å². The van der Waals surface area contributed by atoms with Crippen molar-refractivity contribution >= 4 is 45.2 Å². The largest absolute Gasteiger partial charge is 0.378 e. The van der Waals surface area contributed by atoms with Gasteiger partial charge in [0.05, 0.1) is 60.4 Å². The Morgan fingerprint density at radius 1 is 0.583 bits per heavy atom. The van der Waals surface area contributed by atoms with E-state index in [0.29, 0.717) is 0 Å². The van der Waals surface area contributed by atoms with E-state index >= 15 is 0 Å². The molecule has 4 aromatic rings. The summed E-state index contributed by atoms with van der Waals surface area (Å²) in [5.74, 6) is 0.806. The van der Waals surface area contributed by atoms with E-state index in [2.05, 4.69) is 93.2 Å².